The molecule has 0 heterocycles. The summed E-state index contributed by atoms with van der Waals surface area (Å²) in [6, 6.07) is 6.44. The van der Waals surface area contributed by atoms with Gasteiger partial charge in [-0.2, -0.15) is 0 Å². The predicted molar refractivity (Wildman–Crippen MR) is 55.7 cm³/mol. The molecule has 1 fully saturated rings. The zero-order valence-electron chi connectivity index (χ0n) is 8.76. The monoisotopic (exact) mass is 211 g/mol. The minimum absolute atomic E-state index is 0.0815. The van der Waals surface area contributed by atoms with Crippen molar-refractivity contribution in [3.8, 4) is 0 Å². The zero-order chi connectivity index (χ0) is 11.1. The van der Waals surface area contributed by atoms with Crippen LogP contribution in [0.3, 0.4) is 0 Å². The smallest absolute Gasteiger partial charge is 0.273 e. The molecule has 0 saturated heterocycles. The Balaban J connectivity index is 2.24. The van der Waals surface area contributed by atoms with Crippen LogP contribution < -0.4 is 5.73 Å². The molecule has 0 amide bonds. The first kappa shape index (κ1) is 10.6. The van der Waals surface area contributed by atoms with Gasteiger partial charge in [-0.3, -0.25) is 0 Å². The third kappa shape index (κ3) is 1.88. The molecule has 1 nitrogen and oxygen atoms in total. The van der Waals surface area contributed by atoms with E-state index in [1.165, 1.54) is 19.1 Å². The molecule has 0 bridgehead atoms. The van der Waals surface area contributed by atoms with Crippen molar-refractivity contribution in [3.63, 3.8) is 0 Å². The van der Waals surface area contributed by atoms with Crippen LogP contribution in [0.5, 0.6) is 0 Å². The van der Waals surface area contributed by atoms with Crippen LogP contribution in [0.4, 0.5) is 8.78 Å². The highest BCUT2D eigenvalue weighted by atomic mass is 19.3. The second kappa shape index (κ2) is 3.27. The van der Waals surface area contributed by atoms with Crippen LogP contribution >= 0.6 is 0 Å². The van der Waals surface area contributed by atoms with E-state index in [1.807, 2.05) is 0 Å². The van der Waals surface area contributed by atoms with Gasteiger partial charge in [0.25, 0.3) is 5.92 Å². The normalized spacial score (nSPS) is 18.9. The number of hydrogen-bond acceptors (Lipinski definition) is 1. The van der Waals surface area contributed by atoms with Crippen molar-refractivity contribution in [2.24, 2.45) is 5.73 Å². The molecule has 0 spiro atoms. The quantitative estimate of drug-likeness (QED) is 0.816. The molecule has 82 valence electrons. The Kier molecular flexibility index (Phi) is 2.30. The fourth-order valence-electron chi connectivity index (χ4n) is 1.67. The van der Waals surface area contributed by atoms with Crippen molar-refractivity contribution < 1.29 is 8.78 Å². The first-order chi connectivity index (χ1) is 6.98. The van der Waals surface area contributed by atoms with Gasteiger partial charge >= 0.3 is 0 Å². The predicted octanol–water partition coefficient (Wildman–Crippen LogP) is 3.14. The molecule has 1 saturated carbocycles. The molecule has 0 unspecified atom stereocenters. The van der Waals surface area contributed by atoms with Crippen LogP contribution in [0.1, 0.15) is 37.3 Å². The van der Waals surface area contributed by atoms with E-state index in [9.17, 15) is 8.78 Å². The molecule has 0 radical (unpaired) electrons. The van der Waals surface area contributed by atoms with E-state index >= 15 is 0 Å². The lowest BCUT2D eigenvalue weighted by Crippen LogP contribution is -2.19. The van der Waals surface area contributed by atoms with Gasteiger partial charge in [0, 0.05) is 17.5 Å². The fourth-order valence-corrected chi connectivity index (χ4v) is 1.67. The summed E-state index contributed by atoms with van der Waals surface area (Å²) in [5.74, 6) is -2.72. The van der Waals surface area contributed by atoms with Crippen LogP contribution in [0.15, 0.2) is 24.3 Å². The summed E-state index contributed by atoms with van der Waals surface area (Å²) in [5.41, 5.74) is 6.79. The second-order valence-electron chi connectivity index (χ2n) is 4.29. The van der Waals surface area contributed by atoms with Gasteiger partial charge in [-0.15, -0.1) is 0 Å². The van der Waals surface area contributed by atoms with Gasteiger partial charge in [0.2, 0.25) is 0 Å². The standard InChI is InChI=1S/C12H15F2N/c1-2-12(13,14)10-5-3-9(4-6-10)11(15)7-8-11/h3-6H,2,7-8,15H2,1H3. The van der Waals surface area contributed by atoms with E-state index < -0.39 is 5.92 Å². The van der Waals surface area contributed by atoms with Crippen molar-refractivity contribution >= 4 is 0 Å². The van der Waals surface area contributed by atoms with Gasteiger partial charge in [0.1, 0.15) is 0 Å². The lowest BCUT2D eigenvalue weighted by atomic mass is 10.00. The maximum atomic E-state index is 13.3. The van der Waals surface area contributed by atoms with Crippen molar-refractivity contribution in [3.05, 3.63) is 35.4 Å². The number of alkyl halides is 2. The van der Waals surface area contributed by atoms with E-state index in [4.69, 9.17) is 5.73 Å². The zero-order valence-corrected chi connectivity index (χ0v) is 8.76. The molecule has 1 aromatic carbocycles. The van der Waals surface area contributed by atoms with Crippen LogP contribution in [-0.2, 0) is 11.5 Å². The average Bonchev–Trinajstić information content (AvgIpc) is 2.98. The lowest BCUT2D eigenvalue weighted by Gasteiger charge is -2.16. The van der Waals surface area contributed by atoms with Crippen LogP contribution in [0.25, 0.3) is 0 Å². The molecule has 0 atom stereocenters. The van der Waals surface area contributed by atoms with E-state index in [0.29, 0.717) is 0 Å². The Bertz CT molecular complexity index is 352. The molecule has 1 aliphatic carbocycles. The fraction of sp³-hybridized carbons (Fsp3) is 0.500. The number of benzene rings is 1. The molecule has 1 aromatic rings. The van der Waals surface area contributed by atoms with Crippen LogP contribution in [-0.4, -0.2) is 0 Å². The van der Waals surface area contributed by atoms with Crippen molar-refractivity contribution in [1.29, 1.82) is 0 Å². The van der Waals surface area contributed by atoms with Gasteiger partial charge in [0.05, 0.1) is 0 Å². The number of nitrogens with two attached hydrogens (primary N) is 1. The van der Waals surface area contributed by atoms with Gasteiger partial charge in [0.15, 0.2) is 0 Å². The molecule has 0 aromatic heterocycles. The molecule has 2 N–H and O–H groups in total. The summed E-state index contributed by atoms with van der Waals surface area (Å²) >= 11 is 0. The molecular weight excluding hydrogens is 196 g/mol. The average molecular weight is 211 g/mol. The van der Waals surface area contributed by atoms with Gasteiger partial charge in [-0.25, -0.2) is 8.78 Å². The molecule has 0 aliphatic heterocycles. The second-order valence-corrected chi connectivity index (χ2v) is 4.29. The summed E-state index contributed by atoms with van der Waals surface area (Å²) in [4.78, 5) is 0. The maximum Gasteiger partial charge on any atom is 0.273 e. The molecule has 2 rings (SSSR count). The number of halogens is 2. The minimum atomic E-state index is -2.72. The summed E-state index contributed by atoms with van der Waals surface area (Å²) in [5, 5.41) is 0. The highest BCUT2D eigenvalue weighted by molar-refractivity contribution is 5.33. The molecule has 3 heteroatoms. The first-order valence-electron chi connectivity index (χ1n) is 5.26. The third-order valence-corrected chi connectivity index (χ3v) is 3.11. The van der Waals surface area contributed by atoms with E-state index in [0.717, 1.165) is 18.4 Å². The van der Waals surface area contributed by atoms with Crippen LogP contribution in [0.2, 0.25) is 0 Å². The third-order valence-electron chi connectivity index (χ3n) is 3.11. The summed E-state index contributed by atoms with van der Waals surface area (Å²) < 4.78 is 26.6. The number of hydrogen-bond donors (Lipinski definition) is 1. The number of rotatable bonds is 3. The Morgan fingerprint density at radius 2 is 1.80 bits per heavy atom. The topological polar surface area (TPSA) is 26.0 Å². The molecular formula is C12H15F2N. The lowest BCUT2D eigenvalue weighted by molar-refractivity contribution is -0.00830. The van der Waals surface area contributed by atoms with Crippen LogP contribution in [0, 0.1) is 0 Å². The van der Waals surface area contributed by atoms with E-state index in [2.05, 4.69) is 0 Å². The molecule has 1 aliphatic rings. The Labute approximate surface area is 88.3 Å². The van der Waals surface area contributed by atoms with Gasteiger partial charge < -0.3 is 5.73 Å². The largest absolute Gasteiger partial charge is 0.321 e. The van der Waals surface area contributed by atoms with Crippen molar-refractivity contribution in [2.45, 2.75) is 37.6 Å². The molecule has 15 heavy (non-hydrogen) atoms. The Hall–Kier alpha value is -0.960. The van der Waals surface area contributed by atoms with Crippen molar-refractivity contribution in [2.75, 3.05) is 0 Å². The Morgan fingerprint density at radius 1 is 1.27 bits per heavy atom. The summed E-state index contributed by atoms with van der Waals surface area (Å²) in [6.07, 6.45) is 1.74. The van der Waals surface area contributed by atoms with E-state index in [-0.39, 0.29) is 17.5 Å². The SMILES string of the molecule is CCC(F)(F)c1ccc(C2(N)CC2)cc1. The highest BCUT2D eigenvalue weighted by Gasteiger charge is 2.40. The van der Waals surface area contributed by atoms with Gasteiger partial charge in [-0.1, -0.05) is 31.2 Å². The van der Waals surface area contributed by atoms with E-state index in [1.54, 1.807) is 12.1 Å². The summed E-state index contributed by atoms with van der Waals surface area (Å²) in [6.45, 7) is 1.49. The van der Waals surface area contributed by atoms with Gasteiger partial charge in [-0.05, 0) is 18.4 Å². The highest BCUT2D eigenvalue weighted by Crippen LogP contribution is 2.43. The maximum absolute atomic E-state index is 13.3. The Morgan fingerprint density at radius 3 is 2.20 bits per heavy atom. The minimum Gasteiger partial charge on any atom is -0.321 e. The summed E-state index contributed by atoms with van der Waals surface area (Å²) in [7, 11) is 0. The van der Waals surface area contributed by atoms with Crippen molar-refractivity contribution in [1.82, 2.24) is 0 Å². The first-order valence-corrected chi connectivity index (χ1v) is 5.26.